The molecule has 1 aliphatic heterocycles. The van der Waals surface area contributed by atoms with Crippen molar-refractivity contribution < 1.29 is 13.9 Å². The van der Waals surface area contributed by atoms with Gasteiger partial charge in [-0.15, -0.1) is 0 Å². The third-order valence-electron chi connectivity index (χ3n) is 3.32. The lowest BCUT2D eigenvalue weighted by Crippen LogP contribution is -2.31. The molecule has 0 saturated carbocycles. The Kier molecular flexibility index (Phi) is 4.37. The van der Waals surface area contributed by atoms with E-state index < -0.39 is 5.82 Å². The van der Waals surface area contributed by atoms with Gasteiger partial charge in [-0.2, -0.15) is 0 Å². The second-order valence-corrected chi connectivity index (χ2v) is 4.62. The van der Waals surface area contributed by atoms with Crippen molar-refractivity contribution in [3.63, 3.8) is 0 Å². The van der Waals surface area contributed by atoms with Gasteiger partial charge in [0.15, 0.2) is 11.6 Å². The Labute approximate surface area is 112 Å². The second-order valence-electron chi connectivity index (χ2n) is 4.62. The van der Waals surface area contributed by atoms with Crippen molar-refractivity contribution in [2.45, 2.75) is 25.9 Å². The highest BCUT2D eigenvalue weighted by molar-refractivity contribution is 5.80. The van der Waals surface area contributed by atoms with Crippen LogP contribution in [0, 0.1) is 5.82 Å². The smallest absolute Gasteiger partial charge is 0.238 e. The SMILES string of the molecule is CCCCN1C(=O)CNC1c1ccc(OC)c(F)c1. The molecule has 1 heterocycles. The van der Waals surface area contributed by atoms with Gasteiger partial charge in [-0.25, -0.2) is 4.39 Å². The van der Waals surface area contributed by atoms with Crippen LogP contribution in [-0.2, 0) is 4.79 Å². The molecule has 1 fully saturated rings. The molecule has 104 valence electrons. The summed E-state index contributed by atoms with van der Waals surface area (Å²) >= 11 is 0. The number of methoxy groups -OCH3 is 1. The van der Waals surface area contributed by atoms with E-state index in [4.69, 9.17) is 4.74 Å². The summed E-state index contributed by atoms with van der Waals surface area (Å²) in [6, 6.07) is 4.80. The van der Waals surface area contributed by atoms with E-state index in [1.54, 1.807) is 17.0 Å². The monoisotopic (exact) mass is 266 g/mol. The summed E-state index contributed by atoms with van der Waals surface area (Å²) in [7, 11) is 1.43. The number of hydrogen-bond acceptors (Lipinski definition) is 3. The Morgan fingerprint density at radius 1 is 1.53 bits per heavy atom. The van der Waals surface area contributed by atoms with E-state index in [2.05, 4.69) is 12.2 Å². The van der Waals surface area contributed by atoms with E-state index in [-0.39, 0.29) is 17.8 Å². The van der Waals surface area contributed by atoms with Gasteiger partial charge in [0.25, 0.3) is 0 Å². The highest BCUT2D eigenvalue weighted by Gasteiger charge is 2.31. The fourth-order valence-corrected chi connectivity index (χ4v) is 2.27. The number of unbranched alkanes of at least 4 members (excludes halogenated alkanes) is 1. The van der Waals surface area contributed by atoms with E-state index in [1.807, 2.05) is 0 Å². The van der Waals surface area contributed by atoms with Crippen molar-refractivity contribution in [3.05, 3.63) is 29.6 Å². The fraction of sp³-hybridized carbons (Fsp3) is 0.500. The van der Waals surface area contributed by atoms with Gasteiger partial charge >= 0.3 is 0 Å². The highest BCUT2D eigenvalue weighted by Crippen LogP contribution is 2.26. The first-order valence-corrected chi connectivity index (χ1v) is 6.53. The van der Waals surface area contributed by atoms with Gasteiger partial charge in [0, 0.05) is 6.54 Å². The van der Waals surface area contributed by atoms with Crippen LogP contribution in [0.4, 0.5) is 4.39 Å². The Morgan fingerprint density at radius 2 is 2.32 bits per heavy atom. The van der Waals surface area contributed by atoms with Crippen LogP contribution in [0.1, 0.15) is 31.5 Å². The molecule has 1 aromatic rings. The number of ether oxygens (including phenoxy) is 1. The number of halogens is 1. The largest absolute Gasteiger partial charge is 0.494 e. The van der Waals surface area contributed by atoms with Gasteiger partial charge in [-0.1, -0.05) is 19.4 Å². The third-order valence-corrected chi connectivity index (χ3v) is 3.32. The summed E-state index contributed by atoms with van der Waals surface area (Å²) in [6.45, 7) is 3.08. The van der Waals surface area contributed by atoms with Crippen LogP contribution in [0.5, 0.6) is 5.75 Å². The van der Waals surface area contributed by atoms with Crippen LogP contribution in [0.15, 0.2) is 18.2 Å². The van der Waals surface area contributed by atoms with Crippen LogP contribution in [-0.4, -0.2) is 31.0 Å². The molecule has 0 bridgehead atoms. The molecule has 4 nitrogen and oxygen atoms in total. The molecule has 1 N–H and O–H groups in total. The topological polar surface area (TPSA) is 41.6 Å². The third kappa shape index (κ3) is 2.87. The van der Waals surface area contributed by atoms with Crippen molar-refractivity contribution in [2.75, 3.05) is 20.2 Å². The molecule has 1 unspecified atom stereocenters. The Balaban J connectivity index is 2.19. The lowest BCUT2D eigenvalue weighted by Gasteiger charge is -2.24. The van der Waals surface area contributed by atoms with E-state index in [9.17, 15) is 9.18 Å². The predicted octanol–water partition coefficient (Wildman–Crippen LogP) is 2.06. The van der Waals surface area contributed by atoms with Crippen LogP contribution >= 0.6 is 0 Å². The average molecular weight is 266 g/mol. The quantitative estimate of drug-likeness (QED) is 0.887. The molecular formula is C14H19FN2O2. The Morgan fingerprint density at radius 3 is 2.95 bits per heavy atom. The fourth-order valence-electron chi connectivity index (χ4n) is 2.27. The minimum absolute atomic E-state index is 0.0645. The molecule has 1 amide bonds. The van der Waals surface area contributed by atoms with E-state index in [1.165, 1.54) is 13.2 Å². The van der Waals surface area contributed by atoms with E-state index >= 15 is 0 Å². The molecule has 1 saturated heterocycles. The number of carbonyl (C=O) groups is 1. The zero-order valence-corrected chi connectivity index (χ0v) is 11.3. The van der Waals surface area contributed by atoms with Gasteiger partial charge in [-0.05, 0) is 24.1 Å². The second kappa shape index (κ2) is 6.02. The molecular weight excluding hydrogens is 247 g/mol. The zero-order chi connectivity index (χ0) is 13.8. The lowest BCUT2D eigenvalue weighted by molar-refractivity contribution is -0.128. The summed E-state index contributed by atoms with van der Waals surface area (Å²) in [5, 5.41) is 3.12. The van der Waals surface area contributed by atoms with E-state index in [0.717, 1.165) is 18.4 Å². The van der Waals surface area contributed by atoms with E-state index in [0.29, 0.717) is 13.1 Å². The standard InChI is InChI=1S/C14H19FN2O2/c1-3-4-7-17-13(18)9-16-14(17)10-5-6-12(19-2)11(15)8-10/h5-6,8,14,16H,3-4,7,9H2,1-2H3. The maximum absolute atomic E-state index is 13.7. The zero-order valence-electron chi connectivity index (χ0n) is 11.3. The number of amides is 1. The normalized spacial score (nSPS) is 19.0. The summed E-state index contributed by atoms with van der Waals surface area (Å²) in [5.41, 5.74) is 0.750. The first-order valence-electron chi connectivity index (χ1n) is 6.53. The summed E-state index contributed by atoms with van der Waals surface area (Å²) < 4.78 is 18.6. The summed E-state index contributed by atoms with van der Waals surface area (Å²) in [6.07, 6.45) is 1.73. The number of hydrogen-bond donors (Lipinski definition) is 1. The van der Waals surface area contributed by atoms with Crippen LogP contribution in [0.2, 0.25) is 0 Å². The Bertz CT molecular complexity index is 465. The molecule has 1 aliphatic rings. The molecule has 1 atom stereocenters. The van der Waals surface area contributed by atoms with Gasteiger partial charge in [-0.3, -0.25) is 10.1 Å². The summed E-state index contributed by atoms with van der Waals surface area (Å²) in [4.78, 5) is 13.6. The molecule has 0 aromatic heterocycles. The van der Waals surface area contributed by atoms with Gasteiger partial charge < -0.3 is 9.64 Å². The van der Waals surface area contributed by atoms with Crippen molar-refractivity contribution in [1.29, 1.82) is 0 Å². The minimum atomic E-state index is -0.406. The van der Waals surface area contributed by atoms with Crippen LogP contribution in [0.25, 0.3) is 0 Å². The molecule has 1 aromatic carbocycles. The number of benzene rings is 1. The van der Waals surface area contributed by atoms with Gasteiger partial charge in [0.1, 0.15) is 6.17 Å². The molecule has 5 heteroatoms. The first kappa shape index (κ1) is 13.8. The van der Waals surface area contributed by atoms with Crippen LogP contribution in [0.3, 0.4) is 0 Å². The predicted molar refractivity (Wildman–Crippen MR) is 70.3 cm³/mol. The maximum atomic E-state index is 13.7. The Hall–Kier alpha value is -1.62. The number of carbonyl (C=O) groups excluding carboxylic acids is 1. The van der Waals surface area contributed by atoms with Crippen molar-refractivity contribution in [2.24, 2.45) is 0 Å². The average Bonchev–Trinajstić information content (AvgIpc) is 2.77. The lowest BCUT2D eigenvalue weighted by atomic mass is 10.1. The van der Waals surface area contributed by atoms with Gasteiger partial charge in [0.2, 0.25) is 5.91 Å². The van der Waals surface area contributed by atoms with Crippen molar-refractivity contribution in [3.8, 4) is 5.75 Å². The number of rotatable bonds is 5. The highest BCUT2D eigenvalue weighted by atomic mass is 19.1. The minimum Gasteiger partial charge on any atom is -0.494 e. The van der Waals surface area contributed by atoms with Crippen molar-refractivity contribution in [1.82, 2.24) is 10.2 Å². The number of nitrogens with one attached hydrogen (secondary N) is 1. The van der Waals surface area contributed by atoms with Crippen molar-refractivity contribution >= 4 is 5.91 Å². The van der Waals surface area contributed by atoms with Gasteiger partial charge in [0.05, 0.1) is 13.7 Å². The maximum Gasteiger partial charge on any atom is 0.238 e. The summed E-state index contributed by atoms with van der Waals surface area (Å²) in [5.74, 6) is -0.126. The number of nitrogens with zero attached hydrogens (tertiary/aromatic N) is 1. The molecule has 0 radical (unpaired) electrons. The van der Waals surface area contributed by atoms with Crippen LogP contribution < -0.4 is 10.1 Å². The molecule has 19 heavy (non-hydrogen) atoms. The molecule has 0 spiro atoms. The first-order chi connectivity index (χ1) is 9.17. The molecule has 2 rings (SSSR count). The molecule has 0 aliphatic carbocycles.